The number of alkyl halides is 2. The first-order chi connectivity index (χ1) is 12.7. The second kappa shape index (κ2) is 9.66. The van der Waals surface area contributed by atoms with Crippen LogP contribution in [0.4, 0.5) is 8.78 Å². The molecule has 1 fully saturated rings. The van der Waals surface area contributed by atoms with E-state index in [9.17, 15) is 13.9 Å². The van der Waals surface area contributed by atoms with E-state index in [4.69, 9.17) is 9.47 Å². The van der Waals surface area contributed by atoms with Crippen molar-refractivity contribution < 1.29 is 23.4 Å². The number of halogens is 2. The molecule has 0 spiro atoms. The molecule has 1 aromatic carbocycles. The van der Waals surface area contributed by atoms with E-state index in [1.54, 1.807) is 7.11 Å². The Morgan fingerprint density at radius 2 is 1.89 bits per heavy atom. The van der Waals surface area contributed by atoms with Crippen LogP contribution in [0.3, 0.4) is 0 Å². The average molecular weight is 386 g/mol. The zero-order valence-corrected chi connectivity index (χ0v) is 16.8. The molecular weight excluding hydrogens is 354 g/mol. The Bertz CT molecular complexity index is 589. The largest absolute Gasteiger partial charge is 0.493 e. The number of methoxy groups -OCH3 is 1. The van der Waals surface area contributed by atoms with Gasteiger partial charge in [0.2, 0.25) is 0 Å². The molecule has 2 rings (SSSR count). The Hall–Kier alpha value is -1.44. The van der Waals surface area contributed by atoms with Crippen LogP contribution in [-0.4, -0.2) is 73.4 Å². The Morgan fingerprint density at radius 3 is 2.48 bits per heavy atom. The number of likely N-dealkylation sites (tertiary alicyclic amines) is 1. The van der Waals surface area contributed by atoms with Crippen LogP contribution in [-0.2, 0) is 6.54 Å². The summed E-state index contributed by atoms with van der Waals surface area (Å²) in [4.78, 5) is 4.08. The molecule has 1 N–H and O–H groups in total. The molecule has 0 radical (unpaired) electrons. The Labute approximate surface area is 160 Å². The molecule has 154 valence electrons. The predicted molar refractivity (Wildman–Crippen MR) is 102 cm³/mol. The van der Waals surface area contributed by atoms with Crippen LogP contribution in [0, 0.1) is 0 Å². The maximum absolute atomic E-state index is 13.3. The van der Waals surface area contributed by atoms with Crippen LogP contribution < -0.4 is 9.47 Å². The normalized spacial score (nSPS) is 18.7. The minimum absolute atomic E-state index is 0.0892. The first kappa shape index (κ1) is 21.9. The number of aliphatic hydroxyl groups is 1. The molecular formula is C20H32F2N2O3. The average Bonchev–Trinajstić information content (AvgIpc) is 2.62. The van der Waals surface area contributed by atoms with Gasteiger partial charge in [-0.2, -0.15) is 0 Å². The molecule has 1 aromatic rings. The molecule has 7 heteroatoms. The molecule has 0 aromatic heterocycles. The quantitative estimate of drug-likeness (QED) is 0.707. The van der Waals surface area contributed by atoms with Crippen LogP contribution in [0.5, 0.6) is 11.5 Å². The zero-order valence-electron chi connectivity index (χ0n) is 16.8. The number of hydrogen-bond donors (Lipinski definition) is 1. The fraction of sp³-hybridized carbons (Fsp3) is 0.700. The maximum Gasteiger partial charge on any atom is 0.250 e. The van der Waals surface area contributed by atoms with Crippen molar-refractivity contribution in [2.75, 3.05) is 40.4 Å². The summed E-state index contributed by atoms with van der Waals surface area (Å²) in [7, 11) is 3.52. The molecule has 1 aliphatic heterocycles. The number of aliphatic hydroxyl groups excluding tert-OH is 1. The molecule has 0 unspecified atom stereocenters. The molecule has 0 aliphatic carbocycles. The molecule has 0 bridgehead atoms. The molecule has 0 saturated carbocycles. The van der Waals surface area contributed by atoms with Gasteiger partial charge in [-0.05, 0) is 38.6 Å². The van der Waals surface area contributed by atoms with Gasteiger partial charge in [-0.1, -0.05) is 6.07 Å². The van der Waals surface area contributed by atoms with Crippen molar-refractivity contribution in [3.8, 4) is 11.5 Å². The van der Waals surface area contributed by atoms with Gasteiger partial charge in [-0.3, -0.25) is 4.90 Å². The Morgan fingerprint density at radius 1 is 1.22 bits per heavy atom. The van der Waals surface area contributed by atoms with Crippen molar-refractivity contribution in [1.82, 2.24) is 9.80 Å². The van der Waals surface area contributed by atoms with Crippen molar-refractivity contribution in [3.63, 3.8) is 0 Å². The first-order valence-electron chi connectivity index (χ1n) is 9.48. The third-order valence-electron chi connectivity index (χ3n) is 5.03. The summed E-state index contributed by atoms with van der Waals surface area (Å²) in [6, 6.07) is 5.94. The molecule has 1 saturated heterocycles. The summed E-state index contributed by atoms with van der Waals surface area (Å²) in [6.07, 6.45) is -0.779. The zero-order chi connectivity index (χ0) is 20.0. The number of likely N-dealkylation sites (N-methyl/N-ethyl adjacent to an activating group) is 1. The summed E-state index contributed by atoms with van der Waals surface area (Å²) >= 11 is 0. The number of nitrogens with zero attached hydrogens (tertiary/aromatic N) is 2. The van der Waals surface area contributed by atoms with Gasteiger partial charge in [0.15, 0.2) is 11.5 Å². The van der Waals surface area contributed by atoms with Gasteiger partial charge >= 0.3 is 0 Å². The highest BCUT2D eigenvalue weighted by atomic mass is 19.3. The summed E-state index contributed by atoms with van der Waals surface area (Å²) in [5, 5.41) is 10.1. The van der Waals surface area contributed by atoms with Crippen molar-refractivity contribution in [2.45, 2.75) is 51.3 Å². The van der Waals surface area contributed by atoms with Crippen molar-refractivity contribution in [1.29, 1.82) is 0 Å². The maximum atomic E-state index is 13.3. The number of hydrogen-bond acceptors (Lipinski definition) is 5. The summed E-state index contributed by atoms with van der Waals surface area (Å²) < 4.78 is 37.7. The van der Waals surface area contributed by atoms with Crippen LogP contribution in [0.15, 0.2) is 18.2 Å². The smallest absolute Gasteiger partial charge is 0.250 e. The minimum atomic E-state index is -2.53. The van der Waals surface area contributed by atoms with E-state index < -0.39 is 12.0 Å². The van der Waals surface area contributed by atoms with Crippen LogP contribution in [0.2, 0.25) is 0 Å². The van der Waals surface area contributed by atoms with Crippen LogP contribution >= 0.6 is 0 Å². The summed E-state index contributed by atoms with van der Waals surface area (Å²) in [5.41, 5.74) is 0.990. The van der Waals surface area contributed by atoms with Gasteiger partial charge in [-0.15, -0.1) is 0 Å². The second-order valence-corrected chi connectivity index (χ2v) is 7.62. The lowest BCUT2D eigenvalue weighted by molar-refractivity contribution is -0.0566. The van der Waals surface area contributed by atoms with E-state index >= 15 is 0 Å². The molecule has 5 nitrogen and oxygen atoms in total. The highest BCUT2D eigenvalue weighted by Crippen LogP contribution is 2.31. The van der Waals surface area contributed by atoms with Gasteiger partial charge in [0.05, 0.1) is 7.11 Å². The van der Waals surface area contributed by atoms with Gasteiger partial charge in [0, 0.05) is 45.1 Å². The first-order valence-corrected chi connectivity index (χ1v) is 9.48. The van der Waals surface area contributed by atoms with Gasteiger partial charge in [-0.25, -0.2) is 8.78 Å². The van der Waals surface area contributed by atoms with E-state index in [-0.39, 0.29) is 19.4 Å². The molecule has 27 heavy (non-hydrogen) atoms. The van der Waals surface area contributed by atoms with E-state index in [0.717, 1.165) is 5.56 Å². The number of ether oxygens (including phenoxy) is 2. The Balaban J connectivity index is 1.90. The summed E-state index contributed by atoms with van der Waals surface area (Å²) in [6.45, 7) is 6.23. The summed E-state index contributed by atoms with van der Waals surface area (Å²) in [5.74, 6) is -1.38. The standard InChI is InChI=1S/C20H32F2N2O3/c1-15(2)23(3)13-17(25)14-27-18-6-5-16(11-19(18)26-4)12-24-9-7-20(21,22)8-10-24/h5-6,11,15,17,25H,7-10,12-14H2,1-4H3/t17-/m1/s1. The molecule has 1 atom stereocenters. The third kappa shape index (κ3) is 6.90. The molecule has 1 heterocycles. The van der Waals surface area contributed by atoms with Crippen LogP contribution in [0.1, 0.15) is 32.3 Å². The van der Waals surface area contributed by atoms with E-state index in [1.807, 2.05) is 30.1 Å². The van der Waals surface area contributed by atoms with Crippen molar-refractivity contribution in [3.05, 3.63) is 23.8 Å². The SMILES string of the molecule is COc1cc(CN2CCC(F)(F)CC2)ccc1OC[C@H](O)CN(C)C(C)C. The van der Waals surface area contributed by atoms with E-state index in [2.05, 4.69) is 18.7 Å². The second-order valence-electron chi connectivity index (χ2n) is 7.62. The highest BCUT2D eigenvalue weighted by Gasteiger charge is 2.33. The number of piperidine rings is 1. The van der Waals surface area contributed by atoms with Gasteiger partial charge in [0.25, 0.3) is 5.92 Å². The fourth-order valence-corrected chi connectivity index (χ4v) is 3.01. The molecule has 1 aliphatic rings. The van der Waals surface area contributed by atoms with Gasteiger partial charge < -0.3 is 19.5 Å². The van der Waals surface area contributed by atoms with Crippen molar-refractivity contribution in [2.24, 2.45) is 0 Å². The third-order valence-corrected chi connectivity index (χ3v) is 5.03. The fourth-order valence-electron chi connectivity index (χ4n) is 3.01. The Kier molecular flexibility index (Phi) is 7.82. The van der Waals surface area contributed by atoms with E-state index in [1.165, 1.54) is 0 Å². The lowest BCUT2D eigenvalue weighted by Crippen LogP contribution is -2.38. The lowest BCUT2D eigenvalue weighted by Gasteiger charge is -2.31. The number of rotatable bonds is 9. The van der Waals surface area contributed by atoms with Crippen molar-refractivity contribution >= 4 is 0 Å². The topological polar surface area (TPSA) is 45.2 Å². The minimum Gasteiger partial charge on any atom is -0.493 e. The van der Waals surface area contributed by atoms with Crippen LogP contribution in [0.25, 0.3) is 0 Å². The van der Waals surface area contributed by atoms with Gasteiger partial charge in [0.1, 0.15) is 12.7 Å². The highest BCUT2D eigenvalue weighted by molar-refractivity contribution is 5.43. The molecule has 0 amide bonds. The number of benzene rings is 1. The monoisotopic (exact) mass is 386 g/mol. The lowest BCUT2D eigenvalue weighted by atomic mass is 10.1. The predicted octanol–water partition coefficient (Wildman–Crippen LogP) is 3.01. The van der Waals surface area contributed by atoms with E-state index in [0.29, 0.717) is 43.7 Å².